The quantitative estimate of drug-likeness (QED) is 0.618. The Bertz CT molecular complexity index is 760. The molecule has 2 aromatic rings. The van der Waals surface area contributed by atoms with E-state index in [1.54, 1.807) is 11.3 Å². The first-order valence-corrected chi connectivity index (χ1v) is 9.60. The molecule has 0 radical (unpaired) electrons. The number of nitrogens with zero attached hydrogens (tertiary/aromatic N) is 3. The van der Waals surface area contributed by atoms with Crippen LogP contribution in [0, 0.1) is 0 Å². The standard InChI is InChI=1S/C18H25N5O2S/c1-4-19-17(20-11-14-12-26-18(22-14)23(2)3)21-13-6-7-15-16(10-13)25-9-5-8-24-15/h6-7,10,12H,4-5,8-9,11H2,1-3H3,(H2,19,20,21). The van der Waals surface area contributed by atoms with Crippen molar-refractivity contribution in [2.45, 2.75) is 19.9 Å². The highest BCUT2D eigenvalue weighted by Crippen LogP contribution is 2.32. The van der Waals surface area contributed by atoms with Crippen LogP contribution < -0.4 is 25.0 Å². The van der Waals surface area contributed by atoms with Crippen molar-refractivity contribution in [3.8, 4) is 11.5 Å². The fraction of sp³-hybridized carbons (Fsp3) is 0.444. The number of hydrogen-bond donors (Lipinski definition) is 2. The van der Waals surface area contributed by atoms with E-state index in [4.69, 9.17) is 9.47 Å². The molecular weight excluding hydrogens is 350 g/mol. The molecule has 3 rings (SSSR count). The Morgan fingerprint density at radius 1 is 1.27 bits per heavy atom. The predicted molar refractivity (Wildman–Crippen MR) is 107 cm³/mol. The summed E-state index contributed by atoms with van der Waals surface area (Å²) in [5.74, 6) is 2.26. The Morgan fingerprint density at radius 2 is 2.08 bits per heavy atom. The third-order valence-electron chi connectivity index (χ3n) is 3.68. The minimum atomic E-state index is 0.518. The fourth-order valence-corrected chi connectivity index (χ4v) is 3.17. The number of guanidine groups is 1. The number of rotatable bonds is 5. The van der Waals surface area contributed by atoms with Crippen molar-refractivity contribution in [3.63, 3.8) is 0 Å². The van der Waals surface area contributed by atoms with Crippen LogP contribution in [0.1, 0.15) is 19.0 Å². The Labute approximate surface area is 158 Å². The lowest BCUT2D eigenvalue weighted by atomic mass is 10.3. The molecule has 8 heteroatoms. The summed E-state index contributed by atoms with van der Waals surface area (Å²) in [6.45, 7) is 4.69. The molecule has 140 valence electrons. The van der Waals surface area contributed by atoms with Gasteiger partial charge in [0.2, 0.25) is 0 Å². The predicted octanol–water partition coefficient (Wildman–Crippen LogP) is 2.95. The Hall–Kier alpha value is -2.48. The Kier molecular flexibility index (Phi) is 6.17. The summed E-state index contributed by atoms with van der Waals surface area (Å²) < 4.78 is 11.4. The van der Waals surface area contributed by atoms with Gasteiger partial charge in [0.1, 0.15) is 0 Å². The molecule has 26 heavy (non-hydrogen) atoms. The van der Waals surface area contributed by atoms with E-state index in [0.29, 0.717) is 25.7 Å². The molecule has 0 bridgehead atoms. The highest BCUT2D eigenvalue weighted by atomic mass is 32.1. The number of aliphatic imine (C=N–C) groups is 1. The topological polar surface area (TPSA) is 71.0 Å². The smallest absolute Gasteiger partial charge is 0.196 e. The minimum Gasteiger partial charge on any atom is -0.490 e. The van der Waals surface area contributed by atoms with Crippen LogP contribution in [0.15, 0.2) is 28.6 Å². The van der Waals surface area contributed by atoms with Gasteiger partial charge in [-0.05, 0) is 19.1 Å². The summed E-state index contributed by atoms with van der Waals surface area (Å²) in [5.41, 5.74) is 1.86. The van der Waals surface area contributed by atoms with Crippen molar-refractivity contribution in [3.05, 3.63) is 29.3 Å². The van der Waals surface area contributed by atoms with Gasteiger partial charge in [-0.2, -0.15) is 0 Å². The fourth-order valence-electron chi connectivity index (χ4n) is 2.42. The van der Waals surface area contributed by atoms with Crippen LogP contribution in [-0.2, 0) is 6.54 Å². The number of benzene rings is 1. The Morgan fingerprint density at radius 3 is 2.81 bits per heavy atom. The SMILES string of the molecule is CCNC(=NCc1csc(N(C)C)n1)Nc1ccc2c(c1)OCCCO2. The lowest BCUT2D eigenvalue weighted by molar-refractivity contribution is 0.297. The highest BCUT2D eigenvalue weighted by Gasteiger charge is 2.11. The van der Waals surface area contributed by atoms with E-state index < -0.39 is 0 Å². The van der Waals surface area contributed by atoms with Crippen molar-refractivity contribution in [1.82, 2.24) is 10.3 Å². The summed E-state index contributed by atoms with van der Waals surface area (Å²) in [6, 6.07) is 5.84. The van der Waals surface area contributed by atoms with Crippen molar-refractivity contribution >= 4 is 28.1 Å². The molecule has 2 heterocycles. The van der Waals surface area contributed by atoms with Crippen molar-refractivity contribution in [2.75, 3.05) is 44.1 Å². The number of fused-ring (bicyclic) bond motifs is 1. The third-order valence-corrected chi connectivity index (χ3v) is 4.73. The van der Waals surface area contributed by atoms with Crippen LogP contribution in [0.3, 0.4) is 0 Å². The first-order valence-electron chi connectivity index (χ1n) is 8.72. The van der Waals surface area contributed by atoms with Gasteiger partial charge in [-0.15, -0.1) is 11.3 Å². The molecule has 1 aliphatic rings. The summed E-state index contributed by atoms with van der Waals surface area (Å²) in [7, 11) is 3.98. The zero-order valence-electron chi connectivity index (χ0n) is 15.4. The molecule has 0 atom stereocenters. The molecule has 2 N–H and O–H groups in total. The van der Waals surface area contributed by atoms with Gasteiger partial charge in [0, 0.05) is 44.2 Å². The first-order chi connectivity index (χ1) is 12.7. The monoisotopic (exact) mass is 375 g/mol. The molecule has 0 amide bonds. The summed E-state index contributed by atoms with van der Waals surface area (Å²) in [4.78, 5) is 11.2. The van der Waals surface area contributed by atoms with Gasteiger partial charge in [-0.25, -0.2) is 9.98 Å². The number of nitrogens with one attached hydrogen (secondary N) is 2. The molecule has 0 fully saturated rings. The molecule has 0 aliphatic carbocycles. The number of thiazole rings is 1. The molecular formula is C18H25N5O2S. The average molecular weight is 375 g/mol. The molecule has 0 saturated heterocycles. The summed E-state index contributed by atoms with van der Waals surface area (Å²) in [6.07, 6.45) is 0.893. The maximum Gasteiger partial charge on any atom is 0.196 e. The zero-order chi connectivity index (χ0) is 18.4. The summed E-state index contributed by atoms with van der Waals surface area (Å²) >= 11 is 1.62. The van der Waals surface area contributed by atoms with Crippen molar-refractivity contribution < 1.29 is 9.47 Å². The second-order valence-corrected chi connectivity index (χ2v) is 6.88. The average Bonchev–Trinajstić information content (AvgIpc) is 2.98. The van der Waals surface area contributed by atoms with Gasteiger partial charge in [-0.1, -0.05) is 0 Å². The van der Waals surface area contributed by atoms with Crippen LogP contribution >= 0.6 is 11.3 Å². The molecule has 1 aliphatic heterocycles. The van der Waals surface area contributed by atoms with Crippen LogP contribution in [0.5, 0.6) is 11.5 Å². The van der Waals surface area contributed by atoms with Gasteiger partial charge in [0.05, 0.1) is 25.5 Å². The van der Waals surface area contributed by atoms with Gasteiger partial charge >= 0.3 is 0 Å². The van der Waals surface area contributed by atoms with E-state index in [9.17, 15) is 0 Å². The van der Waals surface area contributed by atoms with Gasteiger partial charge in [0.15, 0.2) is 22.6 Å². The zero-order valence-corrected chi connectivity index (χ0v) is 16.2. The van der Waals surface area contributed by atoms with E-state index in [0.717, 1.165) is 41.0 Å². The minimum absolute atomic E-state index is 0.518. The maximum absolute atomic E-state index is 5.75. The Balaban J connectivity index is 1.70. The summed E-state index contributed by atoms with van der Waals surface area (Å²) in [5, 5.41) is 9.59. The molecule has 7 nitrogen and oxygen atoms in total. The van der Waals surface area contributed by atoms with Gasteiger partial charge in [-0.3, -0.25) is 0 Å². The van der Waals surface area contributed by atoms with E-state index in [-0.39, 0.29) is 0 Å². The van der Waals surface area contributed by atoms with E-state index in [2.05, 4.69) is 20.6 Å². The lowest BCUT2D eigenvalue weighted by Gasteiger charge is -2.13. The highest BCUT2D eigenvalue weighted by molar-refractivity contribution is 7.13. The molecule has 0 spiro atoms. The largest absolute Gasteiger partial charge is 0.490 e. The molecule has 1 aromatic heterocycles. The molecule has 0 saturated carbocycles. The van der Waals surface area contributed by atoms with Crippen molar-refractivity contribution in [1.29, 1.82) is 0 Å². The third kappa shape index (κ3) is 4.78. The van der Waals surface area contributed by atoms with Gasteiger partial charge < -0.3 is 25.0 Å². The van der Waals surface area contributed by atoms with E-state index in [1.165, 1.54) is 0 Å². The number of aromatic nitrogens is 1. The molecule has 1 aromatic carbocycles. The van der Waals surface area contributed by atoms with Crippen LogP contribution in [0.4, 0.5) is 10.8 Å². The molecule has 0 unspecified atom stereocenters. The first kappa shape index (κ1) is 18.3. The lowest BCUT2D eigenvalue weighted by Crippen LogP contribution is -2.30. The van der Waals surface area contributed by atoms with Crippen LogP contribution in [-0.4, -0.2) is 44.8 Å². The number of ether oxygens (including phenoxy) is 2. The second kappa shape index (κ2) is 8.75. The second-order valence-electron chi connectivity index (χ2n) is 6.05. The maximum atomic E-state index is 5.75. The number of anilines is 2. The van der Waals surface area contributed by atoms with Gasteiger partial charge in [0.25, 0.3) is 0 Å². The normalized spacial score (nSPS) is 13.9. The van der Waals surface area contributed by atoms with E-state index in [1.807, 2.05) is 49.5 Å². The van der Waals surface area contributed by atoms with Crippen LogP contribution in [0.2, 0.25) is 0 Å². The number of hydrogen-bond acceptors (Lipinski definition) is 6. The van der Waals surface area contributed by atoms with Crippen LogP contribution in [0.25, 0.3) is 0 Å². The van der Waals surface area contributed by atoms with E-state index >= 15 is 0 Å². The van der Waals surface area contributed by atoms with Crippen molar-refractivity contribution in [2.24, 2.45) is 4.99 Å².